The average molecular weight is 414 g/mol. The van der Waals surface area contributed by atoms with Gasteiger partial charge in [0.1, 0.15) is 0 Å². The number of nitrogens with zero attached hydrogens (tertiary/aromatic N) is 5. The maximum Gasteiger partial charge on any atom is 0.255 e. The first-order valence-corrected chi connectivity index (χ1v) is 11.2. The Balaban J connectivity index is 1.35. The quantitative estimate of drug-likeness (QED) is 0.660. The average Bonchev–Trinajstić information content (AvgIpc) is 3.30. The minimum absolute atomic E-state index is 0.00727. The maximum absolute atomic E-state index is 12.8. The minimum Gasteiger partial charge on any atom is -0.371 e. The molecule has 4 atom stereocenters. The van der Waals surface area contributed by atoms with Crippen LogP contribution in [0.25, 0.3) is 11.3 Å². The molecule has 4 fully saturated rings. The second-order valence-electron chi connectivity index (χ2n) is 9.20. The molecule has 0 radical (unpaired) electrons. The van der Waals surface area contributed by atoms with Crippen LogP contribution < -0.4 is 15.4 Å². The number of pyridine rings is 1. The highest BCUT2D eigenvalue weighted by Gasteiger charge is 2.52. The van der Waals surface area contributed by atoms with Crippen LogP contribution in [-0.4, -0.2) is 40.2 Å². The molecule has 5 heterocycles. The van der Waals surface area contributed by atoms with Crippen molar-refractivity contribution in [3.8, 4) is 11.3 Å². The van der Waals surface area contributed by atoms with E-state index in [9.17, 15) is 4.79 Å². The van der Waals surface area contributed by atoms with Gasteiger partial charge in [-0.05, 0) is 48.9 Å². The molecule has 1 saturated carbocycles. The van der Waals surface area contributed by atoms with E-state index < -0.39 is 0 Å². The number of para-hydroxylation sites is 1. The molecule has 0 N–H and O–H groups in total. The molecule has 7 rings (SSSR count). The Morgan fingerprint density at radius 2 is 1.71 bits per heavy atom. The van der Waals surface area contributed by atoms with E-state index in [1.807, 2.05) is 19.2 Å². The first kappa shape index (κ1) is 18.6. The summed E-state index contributed by atoms with van der Waals surface area (Å²) in [7, 11) is 1.85. The summed E-state index contributed by atoms with van der Waals surface area (Å²) in [4.78, 5) is 26.9. The third-order valence-electron chi connectivity index (χ3n) is 7.64. The summed E-state index contributed by atoms with van der Waals surface area (Å²) >= 11 is 0. The van der Waals surface area contributed by atoms with Gasteiger partial charge in [-0.15, -0.1) is 0 Å². The van der Waals surface area contributed by atoms with Crippen molar-refractivity contribution >= 4 is 11.6 Å². The van der Waals surface area contributed by atoms with Gasteiger partial charge in [-0.2, -0.15) is 0 Å². The first-order valence-electron chi connectivity index (χ1n) is 11.2. The fourth-order valence-corrected chi connectivity index (χ4v) is 6.11. The Morgan fingerprint density at radius 1 is 0.935 bits per heavy atom. The molecule has 4 unspecified atom stereocenters. The lowest BCUT2D eigenvalue weighted by Crippen LogP contribution is -2.58. The Kier molecular flexibility index (Phi) is 4.33. The lowest BCUT2D eigenvalue weighted by Gasteiger charge is -2.52. The number of anilines is 2. The molecule has 4 aliphatic rings. The normalized spacial score (nSPS) is 26.9. The standard InChI is InChI=1S/C25H27N5O/c1-28-24(31)13-22(17-9-11-26-12-10-17)27-25(28)30-14-18-7-8-23(30)21-16-29(15-20(18)21)19-5-3-2-4-6-19/h2-6,9-13,18,20-21,23H,7-8,14-16H2,1H3. The van der Waals surface area contributed by atoms with Gasteiger partial charge in [0, 0.05) is 68.4 Å². The van der Waals surface area contributed by atoms with Crippen LogP contribution in [0.5, 0.6) is 0 Å². The molecular weight excluding hydrogens is 386 g/mol. The molecule has 1 aliphatic carbocycles. The third-order valence-corrected chi connectivity index (χ3v) is 7.64. The van der Waals surface area contributed by atoms with Crippen molar-refractivity contribution in [3.63, 3.8) is 0 Å². The monoisotopic (exact) mass is 413 g/mol. The molecule has 158 valence electrons. The smallest absolute Gasteiger partial charge is 0.255 e. The fourth-order valence-electron chi connectivity index (χ4n) is 6.11. The van der Waals surface area contributed by atoms with Crippen LogP contribution >= 0.6 is 0 Å². The zero-order valence-corrected chi connectivity index (χ0v) is 17.8. The summed E-state index contributed by atoms with van der Waals surface area (Å²) in [6.45, 7) is 3.23. The first-order chi connectivity index (χ1) is 15.2. The molecule has 2 aromatic heterocycles. The predicted molar refractivity (Wildman–Crippen MR) is 122 cm³/mol. The molecular formula is C25H27N5O. The number of hydrogen-bond donors (Lipinski definition) is 0. The van der Waals surface area contributed by atoms with Crippen LogP contribution in [0.1, 0.15) is 12.8 Å². The van der Waals surface area contributed by atoms with Crippen molar-refractivity contribution in [2.45, 2.75) is 18.9 Å². The minimum atomic E-state index is -0.00727. The van der Waals surface area contributed by atoms with E-state index in [0.717, 1.165) is 42.8 Å². The van der Waals surface area contributed by atoms with Gasteiger partial charge >= 0.3 is 0 Å². The van der Waals surface area contributed by atoms with Gasteiger partial charge in [-0.3, -0.25) is 14.3 Å². The lowest BCUT2D eigenvalue weighted by molar-refractivity contribution is 0.119. The topological polar surface area (TPSA) is 54.3 Å². The molecule has 3 saturated heterocycles. The Morgan fingerprint density at radius 3 is 2.52 bits per heavy atom. The van der Waals surface area contributed by atoms with Crippen molar-refractivity contribution in [1.82, 2.24) is 14.5 Å². The van der Waals surface area contributed by atoms with Crippen LogP contribution in [0, 0.1) is 17.8 Å². The number of hydrogen-bond acceptors (Lipinski definition) is 5. The molecule has 2 bridgehead atoms. The number of fused-ring (bicyclic) bond motifs is 2. The summed E-state index contributed by atoms with van der Waals surface area (Å²) in [6, 6.07) is 16.7. The van der Waals surface area contributed by atoms with Crippen molar-refractivity contribution in [2.24, 2.45) is 24.8 Å². The van der Waals surface area contributed by atoms with Crippen LogP contribution in [0.15, 0.2) is 65.7 Å². The van der Waals surface area contributed by atoms with E-state index in [2.05, 4.69) is 45.1 Å². The summed E-state index contributed by atoms with van der Waals surface area (Å²) in [6.07, 6.45) is 5.96. The predicted octanol–water partition coefficient (Wildman–Crippen LogP) is 3.19. The lowest BCUT2D eigenvalue weighted by atomic mass is 9.67. The molecule has 31 heavy (non-hydrogen) atoms. The summed E-state index contributed by atoms with van der Waals surface area (Å²) < 4.78 is 1.73. The van der Waals surface area contributed by atoms with Gasteiger partial charge in [-0.25, -0.2) is 4.98 Å². The number of piperidine rings is 2. The SMILES string of the molecule is Cn1c(N2CC3CCC2C2CN(c4ccccc4)CC32)nc(-c2ccncc2)cc1=O. The van der Waals surface area contributed by atoms with Gasteiger partial charge in [0.2, 0.25) is 5.95 Å². The second-order valence-corrected chi connectivity index (χ2v) is 9.20. The van der Waals surface area contributed by atoms with Gasteiger partial charge in [0.05, 0.1) is 5.69 Å². The third kappa shape index (κ3) is 3.04. The van der Waals surface area contributed by atoms with Gasteiger partial charge < -0.3 is 9.80 Å². The van der Waals surface area contributed by atoms with Crippen LogP contribution in [0.4, 0.5) is 11.6 Å². The van der Waals surface area contributed by atoms with Crippen LogP contribution in [-0.2, 0) is 7.05 Å². The molecule has 6 heteroatoms. The van der Waals surface area contributed by atoms with Crippen LogP contribution in [0.3, 0.4) is 0 Å². The van der Waals surface area contributed by atoms with Crippen molar-refractivity contribution < 1.29 is 0 Å². The van der Waals surface area contributed by atoms with E-state index >= 15 is 0 Å². The molecule has 0 amide bonds. The highest BCUT2D eigenvalue weighted by molar-refractivity contribution is 5.60. The Bertz CT molecular complexity index is 1150. The van der Waals surface area contributed by atoms with E-state index in [0.29, 0.717) is 17.9 Å². The molecule has 1 aromatic carbocycles. The zero-order valence-electron chi connectivity index (χ0n) is 17.8. The van der Waals surface area contributed by atoms with E-state index in [1.165, 1.54) is 18.5 Å². The van der Waals surface area contributed by atoms with Crippen molar-refractivity contribution in [2.75, 3.05) is 29.4 Å². The molecule has 6 nitrogen and oxygen atoms in total. The molecule has 0 spiro atoms. The van der Waals surface area contributed by atoms with E-state index in [-0.39, 0.29) is 5.56 Å². The summed E-state index contributed by atoms with van der Waals surface area (Å²) in [5.41, 5.74) is 2.99. The number of rotatable bonds is 3. The van der Waals surface area contributed by atoms with Gasteiger partial charge in [0.25, 0.3) is 5.56 Å². The van der Waals surface area contributed by atoms with Gasteiger partial charge in [0.15, 0.2) is 0 Å². The van der Waals surface area contributed by atoms with Crippen LogP contribution in [0.2, 0.25) is 0 Å². The fraction of sp³-hybridized carbons (Fsp3) is 0.400. The number of benzene rings is 1. The molecule has 3 aromatic rings. The maximum atomic E-state index is 12.8. The highest BCUT2D eigenvalue weighted by atomic mass is 16.1. The van der Waals surface area contributed by atoms with Crippen molar-refractivity contribution in [1.29, 1.82) is 0 Å². The Labute approximate surface area is 182 Å². The zero-order chi connectivity index (χ0) is 20.9. The van der Waals surface area contributed by atoms with E-state index in [4.69, 9.17) is 4.98 Å². The summed E-state index contributed by atoms with van der Waals surface area (Å²) in [5.74, 6) is 2.82. The summed E-state index contributed by atoms with van der Waals surface area (Å²) in [5, 5.41) is 0. The van der Waals surface area contributed by atoms with Gasteiger partial charge in [-0.1, -0.05) is 18.2 Å². The number of aromatic nitrogens is 3. The largest absolute Gasteiger partial charge is 0.371 e. The van der Waals surface area contributed by atoms with Crippen molar-refractivity contribution in [3.05, 3.63) is 71.3 Å². The van der Waals surface area contributed by atoms with E-state index in [1.54, 1.807) is 23.0 Å². The Hall–Kier alpha value is -3.15. The molecule has 3 aliphatic heterocycles. The second kappa shape index (κ2) is 7.22. The highest BCUT2D eigenvalue weighted by Crippen LogP contribution is 2.48.